The zero-order valence-electron chi connectivity index (χ0n) is 8.19. The minimum atomic E-state index is 0.356. The molecule has 0 amide bonds. The third-order valence-electron chi connectivity index (χ3n) is 2.14. The van der Waals surface area contributed by atoms with Crippen LogP contribution in [-0.4, -0.2) is 18.2 Å². The fourth-order valence-corrected chi connectivity index (χ4v) is 1.19. The Bertz CT molecular complexity index is 324. The first-order chi connectivity index (χ1) is 6.83. The molecule has 1 fully saturated rings. The summed E-state index contributed by atoms with van der Waals surface area (Å²) in [5.74, 6) is 1.43. The van der Waals surface area contributed by atoms with E-state index < -0.39 is 0 Å². The van der Waals surface area contributed by atoms with Crippen molar-refractivity contribution >= 4 is 0 Å². The Kier molecular flexibility index (Phi) is 2.54. The lowest BCUT2D eigenvalue weighted by Gasteiger charge is -2.09. The van der Waals surface area contributed by atoms with E-state index in [4.69, 9.17) is 15.2 Å². The molecule has 1 heterocycles. The maximum Gasteiger partial charge on any atom is 0.179 e. The number of ether oxygens (including phenoxy) is 2. The number of hydrogen-bond donors (Lipinski definition) is 1. The zero-order chi connectivity index (χ0) is 9.97. The van der Waals surface area contributed by atoms with Crippen molar-refractivity contribution in [2.75, 3.05) is 7.11 Å². The Balaban J connectivity index is 2.19. The molecule has 1 aromatic heterocycles. The topological polar surface area (TPSA) is 57.4 Å². The quantitative estimate of drug-likeness (QED) is 0.779. The SMILES string of the molecule is COc1cc(CN)ncc1OC1CC1. The largest absolute Gasteiger partial charge is 0.493 e. The molecule has 0 unspecified atom stereocenters. The molecule has 0 radical (unpaired) electrons. The molecule has 0 spiro atoms. The number of pyridine rings is 1. The predicted octanol–water partition coefficient (Wildman–Crippen LogP) is 1.09. The van der Waals surface area contributed by atoms with Gasteiger partial charge in [-0.25, -0.2) is 0 Å². The van der Waals surface area contributed by atoms with E-state index in [0.29, 0.717) is 24.1 Å². The molecule has 1 saturated carbocycles. The summed E-state index contributed by atoms with van der Waals surface area (Å²) in [6, 6.07) is 1.82. The highest BCUT2D eigenvalue weighted by molar-refractivity contribution is 5.39. The van der Waals surface area contributed by atoms with Gasteiger partial charge in [-0.15, -0.1) is 0 Å². The van der Waals surface area contributed by atoms with Crippen LogP contribution in [0.2, 0.25) is 0 Å². The van der Waals surface area contributed by atoms with E-state index in [0.717, 1.165) is 18.5 Å². The van der Waals surface area contributed by atoms with E-state index >= 15 is 0 Å². The average Bonchev–Trinajstić information content (AvgIpc) is 3.02. The second-order valence-electron chi connectivity index (χ2n) is 3.35. The van der Waals surface area contributed by atoms with Crippen molar-refractivity contribution in [1.29, 1.82) is 0 Å². The first-order valence-corrected chi connectivity index (χ1v) is 4.73. The molecule has 4 heteroatoms. The van der Waals surface area contributed by atoms with Crippen LogP contribution >= 0.6 is 0 Å². The molecule has 0 saturated heterocycles. The van der Waals surface area contributed by atoms with E-state index in [1.165, 1.54) is 0 Å². The summed E-state index contributed by atoms with van der Waals surface area (Å²) in [4.78, 5) is 4.16. The van der Waals surface area contributed by atoms with Gasteiger partial charge in [0.1, 0.15) is 0 Å². The number of rotatable bonds is 4. The van der Waals surface area contributed by atoms with Crippen LogP contribution in [0.4, 0.5) is 0 Å². The molecule has 0 bridgehead atoms. The number of hydrogen-bond acceptors (Lipinski definition) is 4. The standard InChI is InChI=1S/C10H14N2O2/c1-13-9-4-7(5-11)12-6-10(9)14-8-2-3-8/h4,6,8H,2-3,5,11H2,1H3. The van der Waals surface area contributed by atoms with Crippen LogP contribution in [0.5, 0.6) is 11.5 Å². The lowest BCUT2D eigenvalue weighted by Crippen LogP contribution is -2.03. The lowest BCUT2D eigenvalue weighted by molar-refractivity contribution is 0.280. The lowest BCUT2D eigenvalue weighted by atomic mass is 10.3. The molecule has 0 aromatic carbocycles. The molecular weight excluding hydrogens is 180 g/mol. The van der Waals surface area contributed by atoms with Gasteiger partial charge in [0, 0.05) is 12.6 Å². The van der Waals surface area contributed by atoms with E-state index in [-0.39, 0.29) is 0 Å². The minimum Gasteiger partial charge on any atom is -0.493 e. The second kappa shape index (κ2) is 3.84. The van der Waals surface area contributed by atoms with Crippen molar-refractivity contribution in [3.63, 3.8) is 0 Å². The van der Waals surface area contributed by atoms with Crippen molar-refractivity contribution in [3.8, 4) is 11.5 Å². The normalized spacial score (nSPS) is 15.3. The number of nitrogens with two attached hydrogens (primary N) is 1. The molecule has 2 rings (SSSR count). The summed E-state index contributed by atoms with van der Waals surface area (Å²) in [5.41, 5.74) is 6.29. The van der Waals surface area contributed by atoms with E-state index in [1.807, 2.05) is 6.07 Å². The van der Waals surface area contributed by atoms with Crippen LogP contribution in [0.15, 0.2) is 12.3 Å². The van der Waals surface area contributed by atoms with Gasteiger partial charge in [-0.1, -0.05) is 0 Å². The van der Waals surface area contributed by atoms with Crippen LogP contribution in [0.3, 0.4) is 0 Å². The van der Waals surface area contributed by atoms with Gasteiger partial charge >= 0.3 is 0 Å². The molecule has 1 aliphatic rings. The van der Waals surface area contributed by atoms with Gasteiger partial charge in [0.2, 0.25) is 0 Å². The highest BCUT2D eigenvalue weighted by Gasteiger charge is 2.25. The Labute approximate surface area is 83.0 Å². The Hall–Kier alpha value is -1.29. The molecule has 0 atom stereocenters. The van der Waals surface area contributed by atoms with Crippen LogP contribution in [0.1, 0.15) is 18.5 Å². The summed E-state index contributed by atoms with van der Waals surface area (Å²) in [7, 11) is 1.62. The Morgan fingerprint density at radius 3 is 2.86 bits per heavy atom. The van der Waals surface area contributed by atoms with Gasteiger partial charge in [-0.05, 0) is 12.8 Å². The summed E-state index contributed by atoms with van der Waals surface area (Å²) in [6.07, 6.45) is 4.29. The number of methoxy groups -OCH3 is 1. The van der Waals surface area contributed by atoms with Crippen LogP contribution in [0, 0.1) is 0 Å². The van der Waals surface area contributed by atoms with Crippen molar-refractivity contribution in [2.45, 2.75) is 25.5 Å². The predicted molar refractivity (Wildman–Crippen MR) is 52.3 cm³/mol. The third-order valence-corrected chi connectivity index (χ3v) is 2.14. The fraction of sp³-hybridized carbons (Fsp3) is 0.500. The van der Waals surface area contributed by atoms with E-state index in [1.54, 1.807) is 13.3 Å². The summed E-state index contributed by atoms with van der Waals surface area (Å²) < 4.78 is 10.8. The molecular formula is C10H14N2O2. The van der Waals surface area contributed by atoms with Gasteiger partial charge in [0.25, 0.3) is 0 Å². The highest BCUT2D eigenvalue weighted by Crippen LogP contribution is 2.32. The summed E-state index contributed by atoms with van der Waals surface area (Å²) >= 11 is 0. The molecule has 4 nitrogen and oxygen atoms in total. The molecule has 0 aliphatic heterocycles. The van der Waals surface area contributed by atoms with Crippen molar-refractivity contribution in [1.82, 2.24) is 4.98 Å². The maximum absolute atomic E-state index is 5.62. The molecule has 1 aliphatic carbocycles. The van der Waals surface area contributed by atoms with Gasteiger partial charge in [-0.2, -0.15) is 0 Å². The Morgan fingerprint density at radius 1 is 1.50 bits per heavy atom. The molecule has 76 valence electrons. The van der Waals surface area contributed by atoms with Gasteiger partial charge in [0.05, 0.1) is 25.1 Å². The van der Waals surface area contributed by atoms with Crippen LogP contribution in [0.25, 0.3) is 0 Å². The Morgan fingerprint density at radius 2 is 2.29 bits per heavy atom. The van der Waals surface area contributed by atoms with E-state index in [9.17, 15) is 0 Å². The second-order valence-corrected chi connectivity index (χ2v) is 3.35. The first kappa shape index (κ1) is 9.27. The monoisotopic (exact) mass is 194 g/mol. The zero-order valence-corrected chi connectivity index (χ0v) is 8.19. The smallest absolute Gasteiger partial charge is 0.179 e. The van der Waals surface area contributed by atoms with Gasteiger partial charge < -0.3 is 15.2 Å². The average molecular weight is 194 g/mol. The van der Waals surface area contributed by atoms with Crippen molar-refractivity contribution in [2.24, 2.45) is 5.73 Å². The molecule has 2 N–H and O–H groups in total. The van der Waals surface area contributed by atoms with Crippen molar-refractivity contribution in [3.05, 3.63) is 18.0 Å². The first-order valence-electron chi connectivity index (χ1n) is 4.73. The fourth-order valence-electron chi connectivity index (χ4n) is 1.19. The third kappa shape index (κ3) is 1.96. The van der Waals surface area contributed by atoms with E-state index in [2.05, 4.69) is 4.98 Å². The minimum absolute atomic E-state index is 0.356. The van der Waals surface area contributed by atoms with Crippen molar-refractivity contribution < 1.29 is 9.47 Å². The van der Waals surface area contributed by atoms with Gasteiger partial charge in [0.15, 0.2) is 11.5 Å². The molecule has 14 heavy (non-hydrogen) atoms. The highest BCUT2D eigenvalue weighted by atomic mass is 16.5. The van der Waals surface area contributed by atoms with Crippen LogP contribution < -0.4 is 15.2 Å². The maximum atomic E-state index is 5.62. The van der Waals surface area contributed by atoms with Gasteiger partial charge in [-0.3, -0.25) is 4.98 Å². The summed E-state index contributed by atoms with van der Waals surface area (Å²) in [6.45, 7) is 0.417. The van der Waals surface area contributed by atoms with Crippen LogP contribution in [-0.2, 0) is 6.54 Å². The molecule has 1 aromatic rings. The number of nitrogens with zero attached hydrogens (tertiary/aromatic N) is 1. The summed E-state index contributed by atoms with van der Waals surface area (Å²) in [5, 5.41) is 0. The number of aromatic nitrogens is 1.